The minimum absolute atomic E-state index is 0.0836. The lowest BCUT2D eigenvalue weighted by Crippen LogP contribution is -2.35. The smallest absolute Gasteiger partial charge is 0.283 e. The lowest BCUT2D eigenvalue weighted by atomic mass is 10.1. The van der Waals surface area contributed by atoms with Crippen molar-refractivity contribution < 1.29 is 14.8 Å². The molecule has 0 saturated carbocycles. The molecule has 0 aliphatic heterocycles. The number of aliphatic hydroxyl groups excluding tert-OH is 1. The molecule has 1 aromatic carbocycles. The summed E-state index contributed by atoms with van der Waals surface area (Å²) >= 11 is 5.62. The van der Waals surface area contributed by atoms with Gasteiger partial charge in [-0.1, -0.05) is 11.6 Å². The van der Waals surface area contributed by atoms with Gasteiger partial charge in [-0.15, -0.1) is 0 Å². The van der Waals surface area contributed by atoms with Crippen molar-refractivity contribution in [1.82, 2.24) is 5.32 Å². The van der Waals surface area contributed by atoms with Crippen LogP contribution in [0.15, 0.2) is 18.2 Å². The Morgan fingerprint density at radius 1 is 1.65 bits per heavy atom. The van der Waals surface area contributed by atoms with Crippen LogP contribution < -0.4 is 5.32 Å². The Morgan fingerprint density at radius 2 is 2.29 bits per heavy atom. The molecule has 0 heterocycles. The van der Waals surface area contributed by atoms with E-state index in [-0.39, 0.29) is 22.9 Å². The number of nitro groups is 1. The van der Waals surface area contributed by atoms with Crippen molar-refractivity contribution in [3.8, 4) is 0 Å². The van der Waals surface area contributed by atoms with Gasteiger partial charge >= 0.3 is 0 Å². The first-order valence-electron chi connectivity index (χ1n) is 4.81. The topological polar surface area (TPSA) is 92.5 Å². The van der Waals surface area contributed by atoms with Crippen LogP contribution in [-0.4, -0.2) is 28.6 Å². The summed E-state index contributed by atoms with van der Waals surface area (Å²) < 4.78 is 0. The van der Waals surface area contributed by atoms with Crippen LogP contribution >= 0.6 is 11.6 Å². The SMILES string of the molecule is C[C@H](CO)NC(=O)c1ccc(Cl)cc1[N+](=O)[O-]. The van der Waals surface area contributed by atoms with Gasteiger partial charge < -0.3 is 10.4 Å². The van der Waals surface area contributed by atoms with Crippen LogP contribution in [0, 0.1) is 10.1 Å². The number of halogens is 1. The van der Waals surface area contributed by atoms with E-state index in [1.165, 1.54) is 12.1 Å². The lowest BCUT2D eigenvalue weighted by Gasteiger charge is -2.10. The van der Waals surface area contributed by atoms with E-state index in [0.717, 1.165) is 6.07 Å². The Balaban J connectivity index is 3.04. The summed E-state index contributed by atoms with van der Waals surface area (Å²) in [7, 11) is 0. The molecule has 1 rings (SSSR count). The van der Waals surface area contributed by atoms with Gasteiger partial charge in [-0.25, -0.2) is 0 Å². The van der Waals surface area contributed by atoms with E-state index in [0.29, 0.717) is 0 Å². The van der Waals surface area contributed by atoms with Gasteiger partial charge in [0.15, 0.2) is 0 Å². The molecule has 1 amide bonds. The van der Waals surface area contributed by atoms with Crippen LogP contribution in [0.3, 0.4) is 0 Å². The van der Waals surface area contributed by atoms with E-state index in [2.05, 4.69) is 5.32 Å². The molecule has 0 unspecified atom stereocenters. The Kier molecular flexibility index (Phi) is 4.42. The van der Waals surface area contributed by atoms with Crippen molar-refractivity contribution in [2.24, 2.45) is 0 Å². The monoisotopic (exact) mass is 258 g/mol. The van der Waals surface area contributed by atoms with E-state index < -0.39 is 16.9 Å². The number of amides is 1. The van der Waals surface area contributed by atoms with E-state index in [4.69, 9.17) is 16.7 Å². The van der Waals surface area contributed by atoms with E-state index in [9.17, 15) is 14.9 Å². The molecular weight excluding hydrogens is 248 g/mol. The largest absolute Gasteiger partial charge is 0.394 e. The van der Waals surface area contributed by atoms with Gasteiger partial charge in [0.05, 0.1) is 11.5 Å². The third-order valence-corrected chi connectivity index (χ3v) is 2.29. The lowest BCUT2D eigenvalue weighted by molar-refractivity contribution is -0.385. The summed E-state index contributed by atoms with van der Waals surface area (Å²) in [4.78, 5) is 21.8. The fraction of sp³-hybridized carbons (Fsp3) is 0.300. The van der Waals surface area contributed by atoms with Gasteiger partial charge in [-0.2, -0.15) is 0 Å². The molecule has 0 fully saturated rings. The molecular formula is C10H11ClN2O4. The van der Waals surface area contributed by atoms with Crippen LogP contribution in [0.2, 0.25) is 5.02 Å². The van der Waals surface area contributed by atoms with Crippen LogP contribution in [-0.2, 0) is 0 Å². The summed E-state index contributed by atoms with van der Waals surface area (Å²) in [6, 6.07) is 3.31. The molecule has 0 bridgehead atoms. The molecule has 92 valence electrons. The number of benzene rings is 1. The Bertz CT molecular complexity index is 450. The number of hydrogen-bond acceptors (Lipinski definition) is 4. The number of carbonyl (C=O) groups is 1. The molecule has 1 aromatic rings. The van der Waals surface area contributed by atoms with Gasteiger partial charge in [-0.05, 0) is 19.1 Å². The fourth-order valence-electron chi connectivity index (χ4n) is 1.20. The van der Waals surface area contributed by atoms with Gasteiger partial charge in [0, 0.05) is 17.1 Å². The van der Waals surface area contributed by atoms with E-state index in [1.54, 1.807) is 6.92 Å². The van der Waals surface area contributed by atoms with E-state index >= 15 is 0 Å². The van der Waals surface area contributed by atoms with Crippen molar-refractivity contribution in [1.29, 1.82) is 0 Å². The first-order valence-corrected chi connectivity index (χ1v) is 5.19. The molecule has 7 heteroatoms. The van der Waals surface area contributed by atoms with Crippen molar-refractivity contribution in [3.05, 3.63) is 38.9 Å². The van der Waals surface area contributed by atoms with Crippen molar-refractivity contribution >= 4 is 23.2 Å². The second-order valence-corrected chi connectivity index (χ2v) is 3.91. The summed E-state index contributed by atoms with van der Waals surface area (Å²) in [5.74, 6) is -0.616. The highest BCUT2D eigenvalue weighted by Gasteiger charge is 2.21. The first kappa shape index (κ1) is 13.4. The summed E-state index contributed by atoms with van der Waals surface area (Å²) in [6.45, 7) is 1.34. The molecule has 0 radical (unpaired) electrons. The van der Waals surface area contributed by atoms with Crippen molar-refractivity contribution in [3.63, 3.8) is 0 Å². The Labute approximate surface area is 102 Å². The molecule has 2 N–H and O–H groups in total. The highest BCUT2D eigenvalue weighted by Crippen LogP contribution is 2.23. The van der Waals surface area contributed by atoms with Gasteiger partial charge in [0.1, 0.15) is 5.56 Å². The predicted molar refractivity (Wildman–Crippen MR) is 62.1 cm³/mol. The fourth-order valence-corrected chi connectivity index (χ4v) is 1.36. The molecule has 0 aromatic heterocycles. The number of nitrogens with zero attached hydrogens (tertiary/aromatic N) is 1. The number of nitrogens with one attached hydrogen (secondary N) is 1. The number of carbonyl (C=O) groups excluding carboxylic acids is 1. The van der Waals surface area contributed by atoms with Crippen LogP contribution in [0.25, 0.3) is 0 Å². The minimum Gasteiger partial charge on any atom is -0.394 e. The average molecular weight is 259 g/mol. The summed E-state index contributed by atoms with van der Waals surface area (Å²) in [6.07, 6.45) is 0. The standard InChI is InChI=1S/C10H11ClN2O4/c1-6(5-14)12-10(15)8-3-2-7(11)4-9(8)13(16)17/h2-4,6,14H,5H2,1H3,(H,12,15)/t6-/m1/s1. The second kappa shape index (κ2) is 5.60. The molecule has 0 aliphatic rings. The molecule has 0 saturated heterocycles. The van der Waals surface area contributed by atoms with Crippen molar-refractivity contribution in [2.75, 3.05) is 6.61 Å². The maximum absolute atomic E-state index is 11.7. The zero-order valence-electron chi connectivity index (χ0n) is 9.01. The first-order chi connectivity index (χ1) is 7.95. The van der Waals surface area contributed by atoms with Gasteiger partial charge in [0.2, 0.25) is 0 Å². The highest BCUT2D eigenvalue weighted by atomic mass is 35.5. The number of aliphatic hydroxyl groups is 1. The molecule has 0 spiro atoms. The molecule has 6 nitrogen and oxygen atoms in total. The Hall–Kier alpha value is -1.66. The molecule has 1 atom stereocenters. The summed E-state index contributed by atoms with van der Waals surface area (Å²) in [5.41, 5.74) is -0.445. The normalized spacial score (nSPS) is 11.9. The quantitative estimate of drug-likeness (QED) is 0.630. The van der Waals surface area contributed by atoms with E-state index in [1.807, 2.05) is 0 Å². The van der Waals surface area contributed by atoms with Crippen LogP contribution in [0.4, 0.5) is 5.69 Å². The third-order valence-electron chi connectivity index (χ3n) is 2.05. The Morgan fingerprint density at radius 3 is 2.82 bits per heavy atom. The molecule has 17 heavy (non-hydrogen) atoms. The zero-order chi connectivity index (χ0) is 13.0. The zero-order valence-corrected chi connectivity index (χ0v) is 9.77. The maximum Gasteiger partial charge on any atom is 0.283 e. The maximum atomic E-state index is 11.7. The van der Waals surface area contributed by atoms with Crippen LogP contribution in [0.5, 0.6) is 0 Å². The van der Waals surface area contributed by atoms with Crippen molar-refractivity contribution in [2.45, 2.75) is 13.0 Å². The molecule has 0 aliphatic carbocycles. The minimum atomic E-state index is -0.676. The summed E-state index contributed by atoms with van der Waals surface area (Å²) in [5, 5.41) is 22.1. The van der Waals surface area contributed by atoms with Gasteiger partial charge in [0.25, 0.3) is 11.6 Å². The highest BCUT2D eigenvalue weighted by molar-refractivity contribution is 6.31. The average Bonchev–Trinajstić information content (AvgIpc) is 2.28. The predicted octanol–water partition coefficient (Wildman–Crippen LogP) is 1.36. The number of rotatable bonds is 4. The third kappa shape index (κ3) is 3.40. The second-order valence-electron chi connectivity index (χ2n) is 3.48. The van der Waals surface area contributed by atoms with Gasteiger partial charge in [-0.3, -0.25) is 14.9 Å². The number of nitro benzene ring substituents is 1. The number of hydrogen-bond donors (Lipinski definition) is 2. The van der Waals surface area contributed by atoms with Crippen LogP contribution in [0.1, 0.15) is 17.3 Å².